The second kappa shape index (κ2) is 5.76. The van der Waals surface area contributed by atoms with Crippen LogP contribution in [0.3, 0.4) is 0 Å². The van der Waals surface area contributed by atoms with Crippen LogP contribution in [0.2, 0.25) is 0 Å². The van der Waals surface area contributed by atoms with Crippen LogP contribution >= 0.6 is 0 Å². The fraction of sp³-hybridized carbons (Fsp3) is 0.389. The van der Waals surface area contributed by atoms with Crippen molar-refractivity contribution in [2.24, 2.45) is 5.73 Å². The fourth-order valence-corrected chi connectivity index (χ4v) is 3.21. The Labute approximate surface area is 121 Å². The van der Waals surface area contributed by atoms with E-state index < -0.39 is 0 Å². The minimum atomic E-state index is 0.0624. The van der Waals surface area contributed by atoms with E-state index in [4.69, 9.17) is 5.73 Å². The highest BCUT2D eigenvalue weighted by atomic mass is 14.7. The Morgan fingerprint density at radius 1 is 1.20 bits per heavy atom. The van der Waals surface area contributed by atoms with E-state index in [1.807, 2.05) is 12.4 Å². The van der Waals surface area contributed by atoms with Crippen LogP contribution < -0.4 is 5.73 Å². The Morgan fingerprint density at radius 2 is 2.05 bits per heavy atom. The monoisotopic (exact) mass is 266 g/mol. The summed E-state index contributed by atoms with van der Waals surface area (Å²) in [5.74, 6) is 0. The van der Waals surface area contributed by atoms with Gasteiger partial charge in [0.25, 0.3) is 0 Å². The molecule has 0 spiro atoms. The topological polar surface area (TPSA) is 38.9 Å². The molecule has 0 radical (unpaired) electrons. The molecule has 1 unspecified atom stereocenters. The Kier molecular flexibility index (Phi) is 3.83. The van der Waals surface area contributed by atoms with Crippen molar-refractivity contribution in [3.8, 4) is 0 Å². The summed E-state index contributed by atoms with van der Waals surface area (Å²) in [5, 5.41) is 0. The molecule has 2 nitrogen and oxygen atoms in total. The van der Waals surface area contributed by atoms with Crippen LogP contribution in [-0.4, -0.2) is 4.98 Å². The van der Waals surface area contributed by atoms with Crippen molar-refractivity contribution in [2.45, 2.75) is 45.1 Å². The number of hydrogen-bond donors (Lipinski definition) is 1. The number of aryl methyl sites for hydroxylation is 3. The predicted molar refractivity (Wildman–Crippen MR) is 82.7 cm³/mol. The van der Waals surface area contributed by atoms with Gasteiger partial charge in [-0.2, -0.15) is 0 Å². The van der Waals surface area contributed by atoms with Crippen molar-refractivity contribution >= 4 is 0 Å². The number of nitrogens with zero attached hydrogens (tertiary/aromatic N) is 1. The first-order valence-corrected chi connectivity index (χ1v) is 7.57. The van der Waals surface area contributed by atoms with Gasteiger partial charge in [0, 0.05) is 18.4 Å². The average molecular weight is 266 g/mol. The molecule has 1 aromatic carbocycles. The minimum absolute atomic E-state index is 0.0624. The van der Waals surface area contributed by atoms with E-state index in [9.17, 15) is 0 Å². The second-order valence-corrected chi connectivity index (χ2v) is 5.70. The van der Waals surface area contributed by atoms with Gasteiger partial charge in [-0.3, -0.25) is 4.98 Å². The molecule has 1 heterocycles. The number of fused-ring (bicyclic) bond motifs is 1. The summed E-state index contributed by atoms with van der Waals surface area (Å²) in [6.07, 6.45) is 9.45. The van der Waals surface area contributed by atoms with Crippen LogP contribution in [0.4, 0.5) is 0 Å². The van der Waals surface area contributed by atoms with Crippen LogP contribution in [0.25, 0.3) is 0 Å². The molecule has 0 aliphatic heterocycles. The molecular weight excluding hydrogens is 244 g/mol. The van der Waals surface area contributed by atoms with Crippen molar-refractivity contribution in [3.63, 3.8) is 0 Å². The Hall–Kier alpha value is -1.67. The normalized spacial score (nSPS) is 15.1. The fourth-order valence-electron chi connectivity index (χ4n) is 3.21. The van der Waals surface area contributed by atoms with Crippen molar-refractivity contribution in [3.05, 3.63) is 64.5 Å². The summed E-state index contributed by atoms with van der Waals surface area (Å²) >= 11 is 0. The third kappa shape index (κ3) is 2.61. The molecule has 20 heavy (non-hydrogen) atoms. The van der Waals surface area contributed by atoms with E-state index in [1.54, 1.807) is 0 Å². The zero-order chi connectivity index (χ0) is 13.9. The van der Waals surface area contributed by atoms with Crippen LogP contribution in [0.1, 0.15) is 47.2 Å². The molecule has 0 fully saturated rings. The van der Waals surface area contributed by atoms with E-state index in [2.05, 4.69) is 36.2 Å². The number of hydrogen-bond acceptors (Lipinski definition) is 2. The SMILES string of the molecule is CCc1cnccc1C(N)Cc1ccc2c(c1)CCC2. The molecule has 2 N–H and O–H groups in total. The molecule has 3 rings (SSSR count). The third-order valence-corrected chi connectivity index (χ3v) is 4.34. The summed E-state index contributed by atoms with van der Waals surface area (Å²) < 4.78 is 0. The molecule has 1 aliphatic carbocycles. The highest BCUT2D eigenvalue weighted by Gasteiger charge is 2.14. The maximum Gasteiger partial charge on any atom is 0.0339 e. The lowest BCUT2D eigenvalue weighted by Gasteiger charge is -2.16. The summed E-state index contributed by atoms with van der Waals surface area (Å²) in [5.41, 5.74) is 13.3. The molecule has 1 atom stereocenters. The number of benzene rings is 1. The minimum Gasteiger partial charge on any atom is -0.324 e. The van der Waals surface area contributed by atoms with Crippen molar-refractivity contribution < 1.29 is 0 Å². The average Bonchev–Trinajstić information content (AvgIpc) is 2.94. The number of pyridine rings is 1. The van der Waals surface area contributed by atoms with Gasteiger partial charge in [0.05, 0.1) is 0 Å². The van der Waals surface area contributed by atoms with Crippen LogP contribution in [0.5, 0.6) is 0 Å². The summed E-state index contributed by atoms with van der Waals surface area (Å²) in [6.45, 7) is 2.16. The van der Waals surface area contributed by atoms with Gasteiger partial charge in [-0.1, -0.05) is 25.1 Å². The summed E-state index contributed by atoms with van der Waals surface area (Å²) in [4.78, 5) is 4.20. The molecule has 0 bridgehead atoms. The lowest BCUT2D eigenvalue weighted by Crippen LogP contribution is -2.15. The van der Waals surface area contributed by atoms with E-state index in [-0.39, 0.29) is 6.04 Å². The first kappa shape index (κ1) is 13.3. The van der Waals surface area contributed by atoms with Gasteiger partial charge in [0.2, 0.25) is 0 Å². The molecule has 104 valence electrons. The van der Waals surface area contributed by atoms with Gasteiger partial charge >= 0.3 is 0 Å². The standard InChI is InChI=1S/C18H22N2/c1-2-14-12-20-9-8-17(14)18(19)11-13-6-7-15-4-3-5-16(15)10-13/h6-10,12,18H,2-5,11,19H2,1H3. The molecule has 1 aromatic heterocycles. The van der Waals surface area contributed by atoms with Crippen molar-refractivity contribution in [1.82, 2.24) is 4.98 Å². The van der Waals surface area contributed by atoms with Crippen LogP contribution in [0.15, 0.2) is 36.7 Å². The van der Waals surface area contributed by atoms with Gasteiger partial charge in [-0.05, 0) is 66.0 Å². The van der Waals surface area contributed by atoms with Crippen molar-refractivity contribution in [1.29, 1.82) is 0 Å². The maximum absolute atomic E-state index is 6.42. The molecular formula is C18H22N2. The van der Waals surface area contributed by atoms with Gasteiger partial charge < -0.3 is 5.73 Å². The predicted octanol–water partition coefficient (Wildman–Crippen LogP) is 3.38. The first-order chi connectivity index (χ1) is 9.78. The lowest BCUT2D eigenvalue weighted by atomic mass is 9.94. The Morgan fingerprint density at radius 3 is 2.90 bits per heavy atom. The Balaban J connectivity index is 1.80. The van der Waals surface area contributed by atoms with Crippen molar-refractivity contribution in [2.75, 3.05) is 0 Å². The van der Waals surface area contributed by atoms with Gasteiger partial charge in [-0.15, -0.1) is 0 Å². The van der Waals surface area contributed by atoms with Crippen LogP contribution in [-0.2, 0) is 25.7 Å². The number of rotatable bonds is 4. The van der Waals surface area contributed by atoms with E-state index in [0.717, 1.165) is 12.8 Å². The quantitative estimate of drug-likeness (QED) is 0.921. The molecule has 2 heteroatoms. The molecule has 0 saturated carbocycles. The zero-order valence-electron chi connectivity index (χ0n) is 12.1. The highest BCUT2D eigenvalue weighted by molar-refractivity contribution is 5.36. The molecule has 2 aromatic rings. The van der Waals surface area contributed by atoms with E-state index >= 15 is 0 Å². The smallest absolute Gasteiger partial charge is 0.0339 e. The molecule has 1 aliphatic rings. The third-order valence-electron chi connectivity index (χ3n) is 4.34. The maximum atomic E-state index is 6.42. The van der Waals surface area contributed by atoms with Gasteiger partial charge in [0.1, 0.15) is 0 Å². The zero-order valence-corrected chi connectivity index (χ0v) is 12.1. The lowest BCUT2D eigenvalue weighted by molar-refractivity contribution is 0.709. The summed E-state index contributed by atoms with van der Waals surface area (Å²) in [7, 11) is 0. The Bertz CT molecular complexity index is 604. The number of aromatic nitrogens is 1. The van der Waals surface area contributed by atoms with Crippen LogP contribution in [0, 0.1) is 0 Å². The van der Waals surface area contributed by atoms with E-state index in [0.29, 0.717) is 0 Å². The van der Waals surface area contributed by atoms with E-state index in [1.165, 1.54) is 47.1 Å². The second-order valence-electron chi connectivity index (χ2n) is 5.70. The molecule has 0 amide bonds. The largest absolute Gasteiger partial charge is 0.324 e. The molecule has 0 saturated heterocycles. The highest BCUT2D eigenvalue weighted by Crippen LogP contribution is 2.25. The van der Waals surface area contributed by atoms with Gasteiger partial charge in [-0.25, -0.2) is 0 Å². The first-order valence-electron chi connectivity index (χ1n) is 7.57. The summed E-state index contributed by atoms with van der Waals surface area (Å²) in [6, 6.07) is 9.02. The van der Waals surface area contributed by atoms with Gasteiger partial charge in [0.15, 0.2) is 0 Å². The number of nitrogens with two attached hydrogens (primary N) is 1.